The fourth-order valence-corrected chi connectivity index (χ4v) is 3.87. The molecule has 28 heavy (non-hydrogen) atoms. The predicted octanol–water partition coefficient (Wildman–Crippen LogP) is 4.73. The van der Waals surface area contributed by atoms with Crippen LogP contribution in [0.1, 0.15) is 51.6 Å². The second-order valence-electron chi connectivity index (χ2n) is 8.46. The summed E-state index contributed by atoms with van der Waals surface area (Å²) in [4.78, 5) is 20.0. The molecule has 1 aliphatic rings. The summed E-state index contributed by atoms with van der Waals surface area (Å²) in [5.41, 5.74) is 0.810. The zero-order valence-corrected chi connectivity index (χ0v) is 17.7. The van der Waals surface area contributed by atoms with Crippen molar-refractivity contribution in [3.8, 4) is 0 Å². The number of halogens is 2. The van der Waals surface area contributed by atoms with Crippen LogP contribution in [-0.2, 0) is 5.54 Å². The van der Waals surface area contributed by atoms with Crippen molar-refractivity contribution in [1.82, 2.24) is 19.7 Å². The summed E-state index contributed by atoms with van der Waals surface area (Å²) < 4.78 is 16.4. The standard InChI is InChI=1S/C20H23BrFN5O/c1-20(2,3)27-17-15(10-23-27)18(28)26-19(25-17)24-16(6-11-4-5-11)12-7-13(21)9-14(22)8-12/h7-11,16H,4-6H2,1-3H3,(H2,24,25,26,28). The van der Waals surface area contributed by atoms with Gasteiger partial charge in [-0.2, -0.15) is 10.1 Å². The molecule has 2 aromatic heterocycles. The van der Waals surface area contributed by atoms with Crippen molar-refractivity contribution >= 4 is 32.9 Å². The Bertz CT molecular complexity index is 1060. The van der Waals surface area contributed by atoms with Crippen LogP contribution in [-0.4, -0.2) is 19.7 Å². The number of anilines is 1. The third-order valence-corrected chi connectivity index (χ3v) is 5.40. The normalized spacial score (nSPS) is 15.8. The molecule has 0 radical (unpaired) electrons. The van der Waals surface area contributed by atoms with E-state index in [-0.39, 0.29) is 23.0 Å². The highest BCUT2D eigenvalue weighted by molar-refractivity contribution is 9.10. The molecule has 0 bridgehead atoms. The summed E-state index contributed by atoms with van der Waals surface area (Å²) in [6.07, 6.45) is 4.75. The number of nitrogens with zero attached hydrogens (tertiary/aromatic N) is 3. The van der Waals surface area contributed by atoms with E-state index in [0.717, 1.165) is 12.0 Å². The highest BCUT2D eigenvalue weighted by Gasteiger charge is 2.28. The molecule has 2 heterocycles. The second kappa shape index (κ2) is 6.99. The number of aromatic nitrogens is 4. The van der Waals surface area contributed by atoms with Crippen LogP contribution in [0.15, 0.2) is 33.7 Å². The Morgan fingerprint density at radius 2 is 2.11 bits per heavy atom. The van der Waals surface area contributed by atoms with Crippen LogP contribution in [0.2, 0.25) is 0 Å². The Morgan fingerprint density at radius 3 is 2.75 bits per heavy atom. The summed E-state index contributed by atoms with van der Waals surface area (Å²) in [6, 6.07) is 4.72. The average Bonchev–Trinajstić information content (AvgIpc) is 3.27. The van der Waals surface area contributed by atoms with E-state index in [1.165, 1.54) is 25.0 Å². The van der Waals surface area contributed by atoms with E-state index in [0.29, 0.717) is 27.4 Å². The van der Waals surface area contributed by atoms with Crippen molar-refractivity contribution in [2.24, 2.45) is 5.92 Å². The predicted molar refractivity (Wildman–Crippen MR) is 111 cm³/mol. The van der Waals surface area contributed by atoms with Gasteiger partial charge < -0.3 is 5.32 Å². The SMILES string of the molecule is CC(C)(C)n1ncc2c(=O)[nH]c(NC(CC3CC3)c3cc(F)cc(Br)c3)nc21. The Morgan fingerprint density at radius 1 is 1.36 bits per heavy atom. The summed E-state index contributed by atoms with van der Waals surface area (Å²) in [6.45, 7) is 6.03. The van der Waals surface area contributed by atoms with Gasteiger partial charge in [0.2, 0.25) is 5.95 Å². The first-order valence-electron chi connectivity index (χ1n) is 9.42. The minimum Gasteiger partial charge on any atom is -0.349 e. The molecular weight excluding hydrogens is 425 g/mol. The van der Waals surface area contributed by atoms with Gasteiger partial charge in [-0.3, -0.25) is 9.78 Å². The first kappa shape index (κ1) is 19.1. The van der Waals surface area contributed by atoms with Gasteiger partial charge in [0.05, 0.1) is 17.8 Å². The first-order chi connectivity index (χ1) is 13.2. The Kier molecular flexibility index (Phi) is 4.77. The zero-order chi connectivity index (χ0) is 20.1. The van der Waals surface area contributed by atoms with Crippen molar-refractivity contribution in [3.05, 3.63) is 50.6 Å². The van der Waals surface area contributed by atoms with Crippen molar-refractivity contribution in [2.75, 3.05) is 5.32 Å². The van der Waals surface area contributed by atoms with Gasteiger partial charge >= 0.3 is 0 Å². The Balaban J connectivity index is 1.73. The fourth-order valence-electron chi connectivity index (χ4n) is 3.38. The molecule has 1 aliphatic carbocycles. The van der Waals surface area contributed by atoms with E-state index in [1.807, 2.05) is 26.8 Å². The van der Waals surface area contributed by atoms with Gasteiger partial charge in [-0.15, -0.1) is 0 Å². The van der Waals surface area contributed by atoms with Gasteiger partial charge in [0.25, 0.3) is 5.56 Å². The minimum absolute atomic E-state index is 0.147. The number of hydrogen-bond acceptors (Lipinski definition) is 4. The average molecular weight is 448 g/mol. The summed E-state index contributed by atoms with van der Waals surface area (Å²) in [5, 5.41) is 8.12. The molecule has 8 heteroatoms. The molecule has 0 saturated heterocycles. The Labute approximate surface area is 170 Å². The summed E-state index contributed by atoms with van der Waals surface area (Å²) >= 11 is 3.37. The smallest absolute Gasteiger partial charge is 0.263 e. The lowest BCUT2D eigenvalue weighted by molar-refractivity contribution is 0.366. The molecule has 1 fully saturated rings. The van der Waals surface area contributed by atoms with E-state index in [1.54, 1.807) is 10.9 Å². The maximum Gasteiger partial charge on any atom is 0.263 e. The highest BCUT2D eigenvalue weighted by Crippen LogP contribution is 2.39. The van der Waals surface area contributed by atoms with Crippen LogP contribution in [0, 0.1) is 11.7 Å². The van der Waals surface area contributed by atoms with Crippen molar-refractivity contribution in [2.45, 2.75) is 51.6 Å². The second-order valence-corrected chi connectivity index (χ2v) is 9.37. The number of benzene rings is 1. The van der Waals surface area contributed by atoms with Crippen LogP contribution in [0.5, 0.6) is 0 Å². The molecule has 2 N–H and O–H groups in total. The summed E-state index contributed by atoms with van der Waals surface area (Å²) in [5.74, 6) is 0.680. The molecule has 0 amide bonds. The third kappa shape index (κ3) is 3.97. The van der Waals surface area contributed by atoms with Gasteiger partial charge in [0, 0.05) is 4.47 Å². The lowest BCUT2D eigenvalue weighted by Gasteiger charge is -2.21. The summed E-state index contributed by atoms with van der Waals surface area (Å²) in [7, 11) is 0. The quantitative estimate of drug-likeness (QED) is 0.592. The van der Waals surface area contributed by atoms with Gasteiger partial charge in [0.15, 0.2) is 5.65 Å². The van der Waals surface area contributed by atoms with Crippen LogP contribution in [0.25, 0.3) is 11.0 Å². The fraction of sp³-hybridized carbons (Fsp3) is 0.450. The van der Waals surface area contributed by atoms with Crippen LogP contribution in [0.4, 0.5) is 10.3 Å². The molecule has 3 aromatic rings. The van der Waals surface area contributed by atoms with E-state index < -0.39 is 0 Å². The number of rotatable bonds is 5. The molecule has 1 saturated carbocycles. The molecule has 4 rings (SSSR count). The van der Waals surface area contributed by atoms with Crippen molar-refractivity contribution in [3.63, 3.8) is 0 Å². The van der Waals surface area contributed by atoms with Gasteiger partial charge in [-0.1, -0.05) is 28.8 Å². The molecule has 0 aliphatic heterocycles. The largest absolute Gasteiger partial charge is 0.349 e. The van der Waals surface area contributed by atoms with E-state index in [2.05, 4.69) is 36.3 Å². The molecule has 6 nitrogen and oxygen atoms in total. The number of H-pyrrole nitrogens is 1. The Hall–Kier alpha value is -2.22. The van der Waals surface area contributed by atoms with Gasteiger partial charge in [-0.25, -0.2) is 9.07 Å². The van der Waals surface area contributed by atoms with Crippen molar-refractivity contribution in [1.29, 1.82) is 0 Å². The number of aromatic amines is 1. The number of fused-ring (bicyclic) bond motifs is 1. The molecule has 1 aromatic carbocycles. The maximum atomic E-state index is 14.0. The van der Waals surface area contributed by atoms with E-state index in [9.17, 15) is 9.18 Å². The molecule has 148 valence electrons. The number of nitrogens with one attached hydrogen (secondary N) is 2. The first-order valence-corrected chi connectivity index (χ1v) is 10.2. The van der Waals surface area contributed by atoms with E-state index in [4.69, 9.17) is 0 Å². The molecule has 1 atom stereocenters. The molecule has 1 unspecified atom stereocenters. The zero-order valence-electron chi connectivity index (χ0n) is 16.1. The van der Waals surface area contributed by atoms with Crippen LogP contribution in [0.3, 0.4) is 0 Å². The monoisotopic (exact) mass is 447 g/mol. The number of hydrogen-bond donors (Lipinski definition) is 2. The lowest BCUT2D eigenvalue weighted by Crippen LogP contribution is -2.24. The minimum atomic E-state index is -0.305. The van der Waals surface area contributed by atoms with Gasteiger partial charge in [0.1, 0.15) is 11.2 Å². The van der Waals surface area contributed by atoms with Crippen LogP contribution >= 0.6 is 15.9 Å². The van der Waals surface area contributed by atoms with Crippen LogP contribution < -0.4 is 10.9 Å². The molecule has 0 spiro atoms. The molecular formula is C20H23BrFN5O. The lowest BCUT2D eigenvalue weighted by atomic mass is 10.0. The van der Waals surface area contributed by atoms with Gasteiger partial charge in [-0.05, 0) is 56.9 Å². The maximum absolute atomic E-state index is 14.0. The van der Waals surface area contributed by atoms with E-state index >= 15 is 0 Å². The third-order valence-electron chi connectivity index (χ3n) is 4.94. The van der Waals surface area contributed by atoms with Crippen molar-refractivity contribution < 1.29 is 4.39 Å². The topological polar surface area (TPSA) is 75.6 Å². The highest BCUT2D eigenvalue weighted by atomic mass is 79.9.